The molecule has 1 unspecified atom stereocenters. The smallest absolute Gasteiger partial charge is 0.224 e. The number of rotatable bonds is 6. The number of amides is 1. The summed E-state index contributed by atoms with van der Waals surface area (Å²) in [7, 11) is 0. The Balaban J connectivity index is 0.00000220. The van der Waals surface area contributed by atoms with Gasteiger partial charge in [0, 0.05) is 32.1 Å². The molecule has 0 aromatic rings. The maximum Gasteiger partial charge on any atom is 0.224 e. The van der Waals surface area contributed by atoms with E-state index in [2.05, 4.69) is 29.0 Å². The highest BCUT2D eigenvalue weighted by Crippen LogP contribution is 2.20. The second-order valence-electron chi connectivity index (χ2n) is 6.31. The van der Waals surface area contributed by atoms with Gasteiger partial charge in [-0.3, -0.25) is 4.79 Å². The van der Waals surface area contributed by atoms with E-state index in [1.165, 1.54) is 32.2 Å². The zero-order valence-corrected chi connectivity index (χ0v) is 15.7. The van der Waals surface area contributed by atoms with Gasteiger partial charge < -0.3 is 15.1 Å². The van der Waals surface area contributed by atoms with Crippen molar-refractivity contribution in [3.63, 3.8) is 0 Å². The minimum absolute atomic E-state index is 0. The summed E-state index contributed by atoms with van der Waals surface area (Å²) in [6.45, 7) is 11.0. The largest absolute Gasteiger partial charge is 0.343 e. The van der Waals surface area contributed by atoms with Crippen LogP contribution in [0.1, 0.15) is 46.0 Å². The number of nitrogens with one attached hydrogen (secondary N) is 1. The number of hydrogen-bond donors (Lipinski definition) is 1. The number of piperidine rings is 1. The fourth-order valence-corrected chi connectivity index (χ4v) is 3.48. The molecule has 2 aliphatic rings. The molecule has 6 heteroatoms. The fourth-order valence-electron chi connectivity index (χ4n) is 3.48. The van der Waals surface area contributed by atoms with Crippen molar-refractivity contribution in [3.8, 4) is 0 Å². The molecule has 0 radical (unpaired) electrons. The van der Waals surface area contributed by atoms with E-state index in [1.54, 1.807) is 0 Å². The van der Waals surface area contributed by atoms with E-state index in [0.29, 0.717) is 18.4 Å². The Morgan fingerprint density at radius 1 is 1.14 bits per heavy atom. The summed E-state index contributed by atoms with van der Waals surface area (Å²) in [6, 6.07) is 0.441. The molecule has 2 saturated heterocycles. The molecule has 0 bridgehead atoms. The monoisotopic (exact) mass is 353 g/mol. The lowest BCUT2D eigenvalue weighted by atomic mass is 9.95. The molecule has 2 heterocycles. The Hall–Kier alpha value is -0.0300. The molecule has 0 saturated carbocycles. The zero-order valence-electron chi connectivity index (χ0n) is 14.1. The van der Waals surface area contributed by atoms with E-state index in [4.69, 9.17) is 0 Å². The Labute approximate surface area is 148 Å². The van der Waals surface area contributed by atoms with Crippen LogP contribution in [-0.4, -0.2) is 61.0 Å². The normalized spacial score (nSPS) is 22.3. The number of nitrogens with zero attached hydrogens (tertiary/aromatic N) is 2. The van der Waals surface area contributed by atoms with Crippen molar-refractivity contribution >= 4 is 30.7 Å². The Kier molecular flexibility index (Phi) is 11.5. The average molecular weight is 354 g/mol. The van der Waals surface area contributed by atoms with Crippen LogP contribution in [0.2, 0.25) is 0 Å². The van der Waals surface area contributed by atoms with Gasteiger partial charge in [-0.1, -0.05) is 13.8 Å². The van der Waals surface area contributed by atoms with Crippen molar-refractivity contribution in [2.75, 3.05) is 39.3 Å². The Bertz CT molecular complexity index is 300. The van der Waals surface area contributed by atoms with Crippen LogP contribution < -0.4 is 5.32 Å². The van der Waals surface area contributed by atoms with Gasteiger partial charge in [-0.15, -0.1) is 24.8 Å². The first-order chi connectivity index (χ1) is 9.72. The van der Waals surface area contributed by atoms with E-state index < -0.39 is 0 Å². The first-order valence-electron chi connectivity index (χ1n) is 8.46. The van der Waals surface area contributed by atoms with Crippen molar-refractivity contribution in [3.05, 3.63) is 0 Å². The molecule has 0 aliphatic carbocycles. The number of hydrogen-bond acceptors (Lipinski definition) is 3. The third-order valence-electron chi connectivity index (χ3n) is 4.96. The minimum Gasteiger partial charge on any atom is -0.343 e. The lowest BCUT2D eigenvalue weighted by molar-refractivity contribution is -0.133. The second-order valence-corrected chi connectivity index (χ2v) is 6.31. The van der Waals surface area contributed by atoms with Gasteiger partial charge in [0.15, 0.2) is 0 Å². The van der Waals surface area contributed by atoms with E-state index >= 15 is 0 Å². The van der Waals surface area contributed by atoms with Crippen molar-refractivity contribution in [1.82, 2.24) is 15.1 Å². The number of carbonyl (C=O) groups is 1. The van der Waals surface area contributed by atoms with Gasteiger partial charge in [0.1, 0.15) is 0 Å². The van der Waals surface area contributed by atoms with E-state index in [-0.39, 0.29) is 24.8 Å². The van der Waals surface area contributed by atoms with Gasteiger partial charge in [-0.25, -0.2) is 0 Å². The van der Waals surface area contributed by atoms with Crippen molar-refractivity contribution in [1.29, 1.82) is 0 Å². The second kappa shape index (κ2) is 11.5. The molecule has 132 valence electrons. The SMILES string of the molecule is CCN(CC)CC1CCN(C(=O)CC2CCCN2)CC1.Cl.Cl. The molecule has 1 amide bonds. The van der Waals surface area contributed by atoms with Gasteiger partial charge in [0.05, 0.1) is 0 Å². The Morgan fingerprint density at radius 3 is 2.27 bits per heavy atom. The van der Waals surface area contributed by atoms with Gasteiger partial charge in [0.2, 0.25) is 5.91 Å². The molecule has 2 aliphatic heterocycles. The van der Waals surface area contributed by atoms with Gasteiger partial charge >= 0.3 is 0 Å². The van der Waals surface area contributed by atoms with Gasteiger partial charge in [-0.05, 0) is 51.2 Å². The Morgan fingerprint density at radius 2 is 1.77 bits per heavy atom. The fraction of sp³-hybridized carbons (Fsp3) is 0.938. The maximum atomic E-state index is 12.3. The van der Waals surface area contributed by atoms with E-state index in [1.807, 2.05) is 0 Å². The van der Waals surface area contributed by atoms with Crippen LogP contribution in [0, 0.1) is 5.92 Å². The highest BCUT2D eigenvalue weighted by Gasteiger charge is 2.26. The summed E-state index contributed by atoms with van der Waals surface area (Å²) >= 11 is 0. The predicted octanol–water partition coefficient (Wildman–Crippen LogP) is 2.55. The summed E-state index contributed by atoms with van der Waals surface area (Å²) in [5.41, 5.74) is 0. The van der Waals surface area contributed by atoms with Crippen LogP contribution in [0.15, 0.2) is 0 Å². The third kappa shape index (κ3) is 6.61. The molecule has 0 aromatic carbocycles. The van der Waals surface area contributed by atoms with Crippen LogP contribution >= 0.6 is 24.8 Å². The molecule has 1 atom stereocenters. The summed E-state index contributed by atoms with van der Waals surface area (Å²) in [6.07, 6.45) is 5.47. The molecule has 22 heavy (non-hydrogen) atoms. The molecule has 1 N–H and O–H groups in total. The molecule has 4 nitrogen and oxygen atoms in total. The lowest BCUT2D eigenvalue weighted by Crippen LogP contribution is -2.43. The first-order valence-corrected chi connectivity index (χ1v) is 8.46. The molecular formula is C16H33Cl2N3O. The molecule has 2 fully saturated rings. The van der Waals surface area contributed by atoms with Crippen molar-refractivity contribution < 1.29 is 4.79 Å². The summed E-state index contributed by atoms with van der Waals surface area (Å²) in [4.78, 5) is 16.9. The topological polar surface area (TPSA) is 35.6 Å². The summed E-state index contributed by atoms with van der Waals surface area (Å²) in [5.74, 6) is 1.15. The van der Waals surface area contributed by atoms with Crippen LogP contribution in [0.3, 0.4) is 0 Å². The number of likely N-dealkylation sites (tertiary alicyclic amines) is 1. The highest BCUT2D eigenvalue weighted by molar-refractivity contribution is 5.85. The minimum atomic E-state index is 0. The molecule has 0 aromatic heterocycles. The van der Waals surface area contributed by atoms with E-state index in [9.17, 15) is 4.79 Å². The lowest BCUT2D eigenvalue weighted by Gasteiger charge is -2.35. The van der Waals surface area contributed by atoms with Crippen LogP contribution in [0.25, 0.3) is 0 Å². The van der Waals surface area contributed by atoms with Crippen molar-refractivity contribution in [2.45, 2.75) is 52.0 Å². The predicted molar refractivity (Wildman–Crippen MR) is 97.2 cm³/mol. The van der Waals surface area contributed by atoms with Gasteiger partial charge in [-0.2, -0.15) is 0 Å². The standard InChI is InChI=1S/C16H31N3O.2ClH/c1-3-18(4-2)13-14-7-10-19(11-8-14)16(20)12-15-6-5-9-17-15;;/h14-15,17H,3-13H2,1-2H3;2*1H. The quantitative estimate of drug-likeness (QED) is 0.796. The summed E-state index contributed by atoms with van der Waals surface area (Å²) < 4.78 is 0. The molecular weight excluding hydrogens is 321 g/mol. The first kappa shape index (κ1) is 22.0. The zero-order chi connectivity index (χ0) is 14.4. The van der Waals surface area contributed by atoms with Gasteiger partial charge in [0.25, 0.3) is 0 Å². The number of halogens is 2. The maximum absolute atomic E-state index is 12.3. The number of carbonyl (C=O) groups excluding carboxylic acids is 1. The van der Waals surface area contributed by atoms with Crippen LogP contribution in [0.5, 0.6) is 0 Å². The molecule has 2 rings (SSSR count). The van der Waals surface area contributed by atoms with E-state index in [0.717, 1.165) is 38.6 Å². The molecule has 0 spiro atoms. The van der Waals surface area contributed by atoms with Crippen molar-refractivity contribution in [2.24, 2.45) is 5.92 Å². The highest BCUT2D eigenvalue weighted by atomic mass is 35.5. The third-order valence-corrected chi connectivity index (χ3v) is 4.96. The van der Waals surface area contributed by atoms with Crippen LogP contribution in [0.4, 0.5) is 0 Å². The van der Waals surface area contributed by atoms with Crippen LogP contribution in [-0.2, 0) is 4.79 Å². The average Bonchev–Trinajstić information content (AvgIpc) is 2.98. The summed E-state index contributed by atoms with van der Waals surface area (Å²) in [5, 5.41) is 3.42.